The van der Waals surface area contributed by atoms with Crippen LogP contribution in [0.4, 0.5) is 10.2 Å². The number of hydrogen-bond acceptors (Lipinski definition) is 3. The largest absolute Gasteiger partial charge is 0.306 e. The van der Waals surface area contributed by atoms with Crippen LogP contribution in [0.3, 0.4) is 0 Å². The molecule has 0 saturated carbocycles. The predicted octanol–water partition coefficient (Wildman–Crippen LogP) is 3.64. The molecule has 1 amide bonds. The van der Waals surface area contributed by atoms with Gasteiger partial charge >= 0.3 is 0 Å². The smallest absolute Gasteiger partial charge is 0.259 e. The van der Waals surface area contributed by atoms with Gasteiger partial charge in [0.1, 0.15) is 11.6 Å². The Morgan fingerprint density at radius 3 is 2.70 bits per heavy atom. The van der Waals surface area contributed by atoms with E-state index < -0.39 is 22.5 Å². The van der Waals surface area contributed by atoms with Crippen molar-refractivity contribution in [2.45, 2.75) is 25.4 Å². The van der Waals surface area contributed by atoms with Crippen molar-refractivity contribution in [2.24, 2.45) is 0 Å². The topological polar surface area (TPSA) is 64.0 Å². The summed E-state index contributed by atoms with van der Waals surface area (Å²) in [5.41, 5.74) is 4.35. The van der Waals surface area contributed by atoms with Gasteiger partial charge in [-0.15, -0.1) is 0 Å². The lowest BCUT2D eigenvalue weighted by Crippen LogP contribution is -2.18. The molecule has 138 valence electrons. The van der Waals surface area contributed by atoms with Gasteiger partial charge in [0.25, 0.3) is 5.91 Å². The summed E-state index contributed by atoms with van der Waals surface area (Å²) in [6.07, 6.45) is 0. The van der Waals surface area contributed by atoms with Gasteiger partial charge in [0.15, 0.2) is 0 Å². The first kappa shape index (κ1) is 17.6. The number of halogens is 1. The van der Waals surface area contributed by atoms with Gasteiger partial charge in [-0.3, -0.25) is 9.00 Å². The number of fused-ring (bicyclic) bond motifs is 1. The van der Waals surface area contributed by atoms with Crippen LogP contribution < -0.4 is 5.32 Å². The molecule has 0 spiro atoms. The van der Waals surface area contributed by atoms with Crippen LogP contribution in [0.1, 0.15) is 32.7 Å². The maximum atomic E-state index is 14.0. The first-order valence-corrected chi connectivity index (χ1v) is 10.0. The molecule has 1 N–H and O–H groups in total. The van der Waals surface area contributed by atoms with Gasteiger partial charge in [-0.05, 0) is 37.6 Å². The Morgan fingerprint density at radius 1 is 1.19 bits per heavy atom. The van der Waals surface area contributed by atoms with Crippen molar-refractivity contribution in [1.82, 2.24) is 9.78 Å². The van der Waals surface area contributed by atoms with E-state index >= 15 is 0 Å². The molecule has 2 aromatic carbocycles. The van der Waals surface area contributed by atoms with E-state index in [1.807, 2.05) is 32.0 Å². The minimum Gasteiger partial charge on any atom is -0.306 e. The maximum Gasteiger partial charge on any atom is 0.259 e. The molecule has 2 heterocycles. The molecule has 0 aliphatic carbocycles. The van der Waals surface area contributed by atoms with Gasteiger partial charge in [0.05, 0.1) is 28.5 Å². The molecule has 3 aromatic rings. The van der Waals surface area contributed by atoms with E-state index in [2.05, 4.69) is 10.4 Å². The van der Waals surface area contributed by atoms with Crippen LogP contribution in [0.25, 0.3) is 5.69 Å². The molecule has 7 heteroatoms. The van der Waals surface area contributed by atoms with Crippen LogP contribution in [-0.4, -0.2) is 19.9 Å². The summed E-state index contributed by atoms with van der Waals surface area (Å²) >= 11 is 0. The molecular formula is C20H18FN3O2S. The number of hydrogen-bond donors (Lipinski definition) is 1. The molecule has 0 saturated heterocycles. The fraction of sp³-hybridized carbons (Fsp3) is 0.200. The average molecular weight is 383 g/mol. The molecule has 0 unspecified atom stereocenters. The van der Waals surface area contributed by atoms with Crippen molar-refractivity contribution >= 4 is 22.5 Å². The summed E-state index contributed by atoms with van der Waals surface area (Å²) in [5, 5.41) is 7.38. The molecular weight excluding hydrogens is 365 g/mol. The Morgan fingerprint density at radius 2 is 1.96 bits per heavy atom. The predicted molar refractivity (Wildman–Crippen MR) is 103 cm³/mol. The van der Waals surface area contributed by atoms with Gasteiger partial charge in [-0.25, -0.2) is 9.07 Å². The minimum absolute atomic E-state index is 0.0428. The number of amides is 1. The Balaban J connectivity index is 1.80. The van der Waals surface area contributed by atoms with Gasteiger partial charge in [0, 0.05) is 16.4 Å². The fourth-order valence-corrected chi connectivity index (χ4v) is 4.56. The monoisotopic (exact) mass is 383 g/mol. The molecule has 1 aliphatic heterocycles. The van der Waals surface area contributed by atoms with Gasteiger partial charge in [-0.1, -0.05) is 29.8 Å². The van der Waals surface area contributed by atoms with Crippen LogP contribution in [0.2, 0.25) is 0 Å². The lowest BCUT2D eigenvalue weighted by Gasteiger charge is -2.13. The lowest BCUT2D eigenvalue weighted by molar-refractivity contribution is 0.102. The summed E-state index contributed by atoms with van der Waals surface area (Å²) in [6.45, 7) is 3.97. The molecule has 0 radical (unpaired) electrons. The van der Waals surface area contributed by atoms with Crippen LogP contribution in [-0.2, 0) is 22.3 Å². The molecule has 0 fully saturated rings. The lowest BCUT2D eigenvalue weighted by atomic mass is 10.1. The number of aryl methyl sites for hydroxylation is 2. The number of carbonyl (C=O) groups excluding carboxylic acids is 1. The second kappa shape index (κ2) is 6.74. The van der Waals surface area contributed by atoms with Crippen molar-refractivity contribution in [2.75, 3.05) is 5.32 Å². The van der Waals surface area contributed by atoms with Crippen molar-refractivity contribution in [3.63, 3.8) is 0 Å². The van der Waals surface area contributed by atoms with Crippen molar-refractivity contribution in [3.8, 4) is 5.69 Å². The zero-order chi connectivity index (χ0) is 19.1. The Bertz CT molecular complexity index is 1090. The Kier molecular flexibility index (Phi) is 4.39. The number of aromatic nitrogens is 2. The summed E-state index contributed by atoms with van der Waals surface area (Å²) in [5.74, 6) is -0.00787. The molecule has 5 nitrogen and oxygen atoms in total. The SMILES string of the molecule is Cc1ccc(-n2nc3c(c2NC(=O)c2ccccc2F)C[S@](=O)C3)c(C)c1. The van der Waals surface area contributed by atoms with E-state index in [0.29, 0.717) is 23.0 Å². The van der Waals surface area contributed by atoms with Crippen LogP contribution in [0.15, 0.2) is 42.5 Å². The van der Waals surface area contributed by atoms with E-state index in [-0.39, 0.29) is 5.56 Å². The Labute approximate surface area is 158 Å². The number of anilines is 1. The molecule has 1 aromatic heterocycles. The van der Waals surface area contributed by atoms with Gasteiger partial charge < -0.3 is 5.32 Å². The highest BCUT2D eigenvalue weighted by Gasteiger charge is 2.29. The van der Waals surface area contributed by atoms with E-state index in [1.165, 1.54) is 18.2 Å². The molecule has 0 bridgehead atoms. The van der Waals surface area contributed by atoms with Crippen LogP contribution in [0.5, 0.6) is 0 Å². The van der Waals surface area contributed by atoms with E-state index in [4.69, 9.17) is 0 Å². The molecule has 27 heavy (non-hydrogen) atoms. The summed E-state index contributed by atoms with van der Waals surface area (Å²) in [7, 11) is -1.04. The summed E-state index contributed by atoms with van der Waals surface area (Å²) in [6, 6.07) is 11.8. The first-order chi connectivity index (χ1) is 12.9. The zero-order valence-electron chi connectivity index (χ0n) is 15.0. The van der Waals surface area contributed by atoms with Crippen molar-refractivity contribution in [1.29, 1.82) is 0 Å². The number of benzene rings is 2. The quantitative estimate of drug-likeness (QED) is 0.751. The third-order valence-electron chi connectivity index (χ3n) is 4.60. The van der Waals surface area contributed by atoms with E-state index in [1.54, 1.807) is 10.7 Å². The molecule has 1 aliphatic rings. The summed E-state index contributed by atoms with van der Waals surface area (Å²) < 4.78 is 27.6. The molecule has 4 rings (SSSR count). The van der Waals surface area contributed by atoms with E-state index in [0.717, 1.165) is 22.4 Å². The number of rotatable bonds is 3. The van der Waals surface area contributed by atoms with Gasteiger partial charge in [-0.2, -0.15) is 5.10 Å². The van der Waals surface area contributed by atoms with Crippen molar-refractivity contribution in [3.05, 3.63) is 76.2 Å². The van der Waals surface area contributed by atoms with E-state index in [9.17, 15) is 13.4 Å². The maximum absolute atomic E-state index is 14.0. The Hall–Kier alpha value is -2.80. The summed E-state index contributed by atoms with van der Waals surface area (Å²) in [4.78, 5) is 12.7. The standard InChI is InChI=1S/C20H18FN3O2S/c1-12-7-8-18(13(2)9-12)24-19(15-10-27(26)11-17(15)23-24)22-20(25)14-5-3-4-6-16(14)21/h3-9H,10-11H2,1-2H3,(H,22,25)/t27-/m0/s1. The van der Waals surface area contributed by atoms with Crippen LogP contribution >= 0.6 is 0 Å². The zero-order valence-corrected chi connectivity index (χ0v) is 15.8. The number of nitrogens with one attached hydrogen (secondary N) is 1. The highest BCUT2D eigenvalue weighted by molar-refractivity contribution is 7.83. The highest BCUT2D eigenvalue weighted by atomic mass is 32.2. The third-order valence-corrected chi connectivity index (χ3v) is 5.81. The normalized spacial score (nSPS) is 15.6. The van der Waals surface area contributed by atoms with Gasteiger partial charge in [0.2, 0.25) is 0 Å². The first-order valence-electron chi connectivity index (χ1n) is 8.53. The second-order valence-electron chi connectivity index (χ2n) is 6.64. The average Bonchev–Trinajstić information content (AvgIpc) is 3.12. The number of nitrogens with zero attached hydrogens (tertiary/aromatic N) is 2. The highest BCUT2D eigenvalue weighted by Crippen LogP contribution is 2.32. The second-order valence-corrected chi connectivity index (χ2v) is 8.10. The fourth-order valence-electron chi connectivity index (χ4n) is 3.29. The van der Waals surface area contributed by atoms with Crippen molar-refractivity contribution < 1.29 is 13.4 Å². The minimum atomic E-state index is -1.04. The van der Waals surface area contributed by atoms with Crippen LogP contribution in [0, 0.1) is 19.7 Å². The third kappa shape index (κ3) is 3.19. The number of carbonyl (C=O) groups is 1. The molecule has 1 atom stereocenters.